The molecule has 5 nitrogen and oxygen atoms in total. The molecular formula is C12H20N4O. The molecule has 0 aliphatic heterocycles. The zero-order valence-electron chi connectivity index (χ0n) is 10.6. The standard InChI is InChI=1S/C12H20N4O/c1-9(2)5-7-16(3)10-4-6-14-11(8-10)12(13)15-17/h4,6,8-9,17H,5,7H2,1-3H3,(H2,13,15). The molecule has 1 heterocycles. The molecule has 0 bridgehead atoms. The number of oxime groups is 1. The fraction of sp³-hybridized carbons (Fsp3) is 0.500. The molecular weight excluding hydrogens is 216 g/mol. The molecule has 17 heavy (non-hydrogen) atoms. The van der Waals surface area contributed by atoms with Gasteiger partial charge in [-0.2, -0.15) is 0 Å². The summed E-state index contributed by atoms with van der Waals surface area (Å²) in [6, 6.07) is 3.73. The Morgan fingerprint density at radius 1 is 1.59 bits per heavy atom. The molecule has 94 valence electrons. The van der Waals surface area contributed by atoms with E-state index in [1.165, 1.54) is 0 Å². The number of rotatable bonds is 5. The van der Waals surface area contributed by atoms with Crippen LogP contribution in [0, 0.1) is 5.92 Å². The van der Waals surface area contributed by atoms with E-state index in [0.717, 1.165) is 18.7 Å². The summed E-state index contributed by atoms with van der Waals surface area (Å²) < 4.78 is 0. The van der Waals surface area contributed by atoms with Crippen LogP contribution in [0.5, 0.6) is 0 Å². The van der Waals surface area contributed by atoms with Crippen molar-refractivity contribution in [2.45, 2.75) is 20.3 Å². The van der Waals surface area contributed by atoms with E-state index in [1.807, 2.05) is 19.2 Å². The molecule has 0 radical (unpaired) electrons. The van der Waals surface area contributed by atoms with E-state index >= 15 is 0 Å². The predicted molar refractivity (Wildman–Crippen MR) is 69.5 cm³/mol. The first-order valence-corrected chi connectivity index (χ1v) is 5.69. The first-order valence-electron chi connectivity index (χ1n) is 5.69. The third-order valence-corrected chi connectivity index (χ3v) is 2.60. The van der Waals surface area contributed by atoms with Crippen molar-refractivity contribution < 1.29 is 5.21 Å². The average molecular weight is 236 g/mol. The van der Waals surface area contributed by atoms with Crippen molar-refractivity contribution in [3.05, 3.63) is 24.0 Å². The topological polar surface area (TPSA) is 74.7 Å². The van der Waals surface area contributed by atoms with Gasteiger partial charge in [-0.1, -0.05) is 19.0 Å². The lowest BCUT2D eigenvalue weighted by Crippen LogP contribution is -2.21. The molecule has 0 fully saturated rings. The number of aromatic nitrogens is 1. The summed E-state index contributed by atoms with van der Waals surface area (Å²) >= 11 is 0. The second-order valence-corrected chi connectivity index (χ2v) is 4.49. The number of hydrogen-bond acceptors (Lipinski definition) is 4. The number of nitrogens with two attached hydrogens (primary N) is 1. The number of pyridine rings is 1. The highest BCUT2D eigenvalue weighted by Crippen LogP contribution is 2.14. The molecule has 0 aliphatic rings. The fourth-order valence-electron chi connectivity index (χ4n) is 1.43. The van der Waals surface area contributed by atoms with E-state index in [0.29, 0.717) is 11.6 Å². The van der Waals surface area contributed by atoms with Crippen LogP contribution in [0.15, 0.2) is 23.5 Å². The van der Waals surface area contributed by atoms with E-state index in [-0.39, 0.29) is 5.84 Å². The summed E-state index contributed by atoms with van der Waals surface area (Å²) in [7, 11) is 2.02. The van der Waals surface area contributed by atoms with E-state index in [9.17, 15) is 0 Å². The second kappa shape index (κ2) is 6.08. The Kier molecular flexibility index (Phi) is 4.75. The quantitative estimate of drug-likeness (QED) is 0.353. The summed E-state index contributed by atoms with van der Waals surface area (Å²) in [5.74, 6) is 0.701. The summed E-state index contributed by atoms with van der Waals surface area (Å²) in [5.41, 5.74) is 7.01. The highest BCUT2D eigenvalue weighted by Gasteiger charge is 2.06. The molecule has 0 atom stereocenters. The molecule has 0 aromatic carbocycles. The van der Waals surface area contributed by atoms with Gasteiger partial charge in [0.2, 0.25) is 0 Å². The van der Waals surface area contributed by atoms with Crippen molar-refractivity contribution >= 4 is 11.5 Å². The Labute approximate surface area is 102 Å². The van der Waals surface area contributed by atoms with Gasteiger partial charge in [-0.25, -0.2) is 0 Å². The van der Waals surface area contributed by atoms with Crippen molar-refractivity contribution in [3.8, 4) is 0 Å². The zero-order valence-corrected chi connectivity index (χ0v) is 10.6. The van der Waals surface area contributed by atoms with Gasteiger partial charge in [-0.15, -0.1) is 0 Å². The highest BCUT2D eigenvalue weighted by atomic mass is 16.4. The Hall–Kier alpha value is -1.78. The van der Waals surface area contributed by atoms with Gasteiger partial charge in [0.15, 0.2) is 5.84 Å². The molecule has 1 aromatic heterocycles. The van der Waals surface area contributed by atoms with Crippen molar-refractivity contribution in [1.29, 1.82) is 0 Å². The molecule has 0 unspecified atom stereocenters. The Bertz CT molecular complexity index is 390. The van der Waals surface area contributed by atoms with Crippen LogP contribution in [-0.2, 0) is 0 Å². The van der Waals surface area contributed by atoms with Crippen LogP contribution >= 0.6 is 0 Å². The van der Waals surface area contributed by atoms with Crippen molar-refractivity contribution in [2.24, 2.45) is 16.8 Å². The Morgan fingerprint density at radius 3 is 2.88 bits per heavy atom. The van der Waals surface area contributed by atoms with E-state index < -0.39 is 0 Å². The van der Waals surface area contributed by atoms with Crippen LogP contribution in [0.1, 0.15) is 26.0 Å². The number of hydrogen-bond donors (Lipinski definition) is 2. The summed E-state index contributed by atoms with van der Waals surface area (Å²) in [6.07, 6.45) is 2.78. The van der Waals surface area contributed by atoms with Crippen LogP contribution in [0.4, 0.5) is 5.69 Å². The first kappa shape index (κ1) is 13.3. The lowest BCUT2D eigenvalue weighted by atomic mass is 10.1. The molecule has 1 aromatic rings. The van der Waals surface area contributed by atoms with E-state index in [2.05, 4.69) is 28.9 Å². The largest absolute Gasteiger partial charge is 0.409 e. The smallest absolute Gasteiger partial charge is 0.188 e. The molecule has 3 N–H and O–H groups in total. The number of nitrogens with zero attached hydrogens (tertiary/aromatic N) is 3. The van der Waals surface area contributed by atoms with Gasteiger partial charge >= 0.3 is 0 Å². The summed E-state index contributed by atoms with van der Waals surface area (Å²) in [4.78, 5) is 6.18. The molecule has 1 rings (SSSR count). The predicted octanol–water partition coefficient (Wildman–Crippen LogP) is 1.66. The third kappa shape index (κ3) is 3.94. The molecule has 0 amide bonds. The van der Waals surface area contributed by atoms with Crippen molar-refractivity contribution in [3.63, 3.8) is 0 Å². The molecule has 5 heteroatoms. The molecule has 0 saturated heterocycles. The number of anilines is 1. The SMILES string of the molecule is CC(C)CCN(C)c1ccnc(C(N)=NO)c1. The maximum absolute atomic E-state index is 8.60. The first-order chi connectivity index (χ1) is 8.04. The zero-order chi connectivity index (χ0) is 12.8. The fourth-order valence-corrected chi connectivity index (χ4v) is 1.43. The maximum atomic E-state index is 8.60. The highest BCUT2D eigenvalue weighted by molar-refractivity contribution is 5.95. The third-order valence-electron chi connectivity index (χ3n) is 2.60. The maximum Gasteiger partial charge on any atom is 0.188 e. The summed E-state index contributed by atoms with van der Waals surface area (Å²) in [5, 5.41) is 11.6. The Morgan fingerprint density at radius 2 is 2.29 bits per heavy atom. The summed E-state index contributed by atoms with van der Waals surface area (Å²) in [6.45, 7) is 5.36. The van der Waals surface area contributed by atoms with Crippen LogP contribution in [-0.4, -0.2) is 29.6 Å². The van der Waals surface area contributed by atoms with Gasteiger partial charge in [0.1, 0.15) is 5.69 Å². The van der Waals surface area contributed by atoms with Gasteiger partial charge in [0, 0.05) is 25.5 Å². The molecule has 0 saturated carbocycles. The van der Waals surface area contributed by atoms with Gasteiger partial charge in [-0.3, -0.25) is 4.98 Å². The van der Waals surface area contributed by atoms with Gasteiger partial charge in [0.05, 0.1) is 0 Å². The minimum atomic E-state index is 0.0316. The van der Waals surface area contributed by atoms with Gasteiger partial charge < -0.3 is 15.8 Å². The van der Waals surface area contributed by atoms with Crippen LogP contribution < -0.4 is 10.6 Å². The lowest BCUT2D eigenvalue weighted by molar-refractivity contribution is 0.318. The minimum Gasteiger partial charge on any atom is -0.409 e. The lowest BCUT2D eigenvalue weighted by Gasteiger charge is -2.20. The molecule has 0 spiro atoms. The van der Waals surface area contributed by atoms with Gasteiger partial charge in [-0.05, 0) is 24.5 Å². The van der Waals surface area contributed by atoms with Crippen LogP contribution in [0.2, 0.25) is 0 Å². The van der Waals surface area contributed by atoms with Crippen LogP contribution in [0.25, 0.3) is 0 Å². The van der Waals surface area contributed by atoms with Crippen molar-refractivity contribution in [1.82, 2.24) is 4.98 Å². The van der Waals surface area contributed by atoms with Gasteiger partial charge in [0.25, 0.3) is 0 Å². The van der Waals surface area contributed by atoms with E-state index in [1.54, 1.807) is 6.20 Å². The van der Waals surface area contributed by atoms with E-state index in [4.69, 9.17) is 10.9 Å². The monoisotopic (exact) mass is 236 g/mol. The average Bonchev–Trinajstić information content (AvgIpc) is 2.35. The molecule has 0 aliphatic carbocycles. The van der Waals surface area contributed by atoms with Crippen LogP contribution in [0.3, 0.4) is 0 Å². The minimum absolute atomic E-state index is 0.0316. The normalized spacial score (nSPS) is 11.9. The van der Waals surface area contributed by atoms with Crippen molar-refractivity contribution in [2.75, 3.05) is 18.5 Å². The second-order valence-electron chi connectivity index (χ2n) is 4.49. The Balaban J connectivity index is 2.77. The number of amidine groups is 1.